The zero-order valence-corrected chi connectivity index (χ0v) is 14.8. The molecule has 0 aromatic carbocycles. The zero-order valence-electron chi connectivity index (χ0n) is 14.8. The monoisotopic (exact) mass is 355 g/mol. The first-order chi connectivity index (χ1) is 12.5. The highest BCUT2D eigenvalue weighted by molar-refractivity contribution is 5.79. The molecule has 1 aromatic heterocycles. The van der Waals surface area contributed by atoms with Crippen LogP contribution in [-0.2, 0) is 4.79 Å². The first-order valence-corrected chi connectivity index (χ1v) is 9.52. The minimum Gasteiger partial charge on any atom is -0.393 e. The Kier molecular flexibility index (Phi) is 4.53. The van der Waals surface area contributed by atoms with Crippen LogP contribution in [0.5, 0.6) is 0 Å². The van der Waals surface area contributed by atoms with Crippen LogP contribution in [0, 0.1) is 22.7 Å². The van der Waals surface area contributed by atoms with Gasteiger partial charge in [0.05, 0.1) is 18.5 Å². The molecule has 3 N–H and O–H groups in total. The summed E-state index contributed by atoms with van der Waals surface area (Å²) < 4.78 is 0. The van der Waals surface area contributed by atoms with Crippen molar-refractivity contribution in [3.63, 3.8) is 0 Å². The molecule has 1 heterocycles. The van der Waals surface area contributed by atoms with Gasteiger partial charge in [-0.2, -0.15) is 5.26 Å². The fourth-order valence-electron chi connectivity index (χ4n) is 4.66. The number of rotatable bonds is 4. The van der Waals surface area contributed by atoms with E-state index >= 15 is 0 Å². The molecular formula is C19H25N5O2. The molecule has 138 valence electrons. The number of carbonyl (C=O) groups is 1. The van der Waals surface area contributed by atoms with E-state index in [1.54, 1.807) is 6.20 Å². The summed E-state index contributed by atoms with van der Waals surface area (Å²) in [7, 11) is 0. The highest BCUT2D eigenvalue weighted by Crippen LogP contribution is 2.52. The molecule has 3 saturated carbocycles. The molecule has 0 aliphatic heterocycles. The summed E-state index contributed by atoms with van der Waals surface area (Å²) in [5, 5.41) is 24.7. The van der Waals surface area contributed by atoms with Gasteiger partial charge in [-0.3, -0.25) is 4.79 Å². The van der Waals surface area contributed by atoms with E-state index in [0.717, 1.165) is 44.3 Å². The van der Waals surface area contributed by atoms with Crippen LogP contribution in [0.15, 0.2) is 12.4 Å². The molecule has 1 amide bonds. The summed E-state index contributed by atoms with van der Waals surface area (Å²) in [4.78, 5) is 20.4. The van der Waals surface area contributed by atoms with Gasteiger partial charge in [-0.25, -0.2) is 9.97 Å². The van der Waals surface area contributed by atoms with Gasteiger partial charge in [0.2, 0.25) is 5.91 Å². The number of aliphatic hydroxyl groups is 1. The van der Waals surface area contributed by atoms with Crippen LogP contribution in [-0.4, -0.2) is 39.2 Å². The topological polar surface area (TPSA) is 111 Å². The van der Waals surface area contributed by atoms with E-state index in [9.17, 15) is 9.90 Å². The van der Waals surface area contributed by atoms with Crippen LogP contribution in [0.4, 0.5) is 5.82 Å². The summed E-state index contributed by atoms with van der Waals surface area (Å²) in [6.45, 7) is 0. The fourth-order valence-corrected chi connectivity index (χ4v) is 4.66. The Balaban J connectivity index is 1.19. The second-order valence-corrected chi connectivity index (χ2v) is 8.25. The summed E-state index contributed by atoms with van der Waals surface area (Å²) >= 11 is 0. The Bertz CT molecular complexity index is 692. The number of hydrogen-bond donors (Lipinski definition) is 3. The number of nitrogens with one attached hydrogen (secondary N) is 2. The number of aromatic nitrogens is 2. The number of nitriles is 1. The van der Waals surface area contributed by atoms with Crippen molar-refractivity contribution in [2.24, 2.45) is 11.3 Å². The highest BCUT2D eigenvalue weighted by Gasteiger charge is 2.46. The summed E-state index contributed by atoms with van der Waals surface area (Å²) in [5.41, 5.74) is 0.739. The third-order valence-corrected chi connectivity index (χ3v) is 6.35. The Morgan fingerprint density at radius 2 is 1.92 bits per heavy atom. The van der Waals surface area contributed by atoms with Gasteiger partial charge in [0, 0.05) is 18.0 Å². The lowest BCUT2D eigenvalue weighted by Crippen LogP contribution is -2.51. The van der Waals surface area contributed by atoms with Crippen LogP contribution in [0.3, 0.4) is 0 Å². The fraction of sp³-hybridized carbons (Fsp3) is 0.684. The molecule has 3 fully saturated rings. The number of amides is 1. The Labute approximate surface area is 153 Å². The van der Waals surface area contributed by atoms with Crippen molar-refractivity contribution in [1.82, 2.24) is 15.3 Å². The van der Waals surface area contributed by atoms with Gasteiger partial charge >= 0.3 is 0 Å². The van der Waals surface area contributed by atoms with Crippen molar-refractivity contribution in [2.75, 3.05) is 5.32 Å². The minimum absolute atomic E-state index is 0.0201. The average molecular weight is 355 g/mol. The average Bonchev–Trinajstić information content (AvgIpc) is 2.60. The van der Waals surface area contributed by atoms with E-state index in [1.807, 2.05) is 6.07 Å². The van der Waals surface area contributed by atoms with Crippen molar-refractivity contribution in [3.05, 3.63) is 18.1 Å². The molecule has 0 unspecified atom stereocenters. The lowest BCUT2D eigenvalue weighted by Gasteiger charge is -2.52. The van der Waals surface area contributed by atoms with Gasteiger partial charge in [-0.1, -0.05) is 0 Å². The molecule has 26 heavy (non-hydrogen) atoms. The van der Waals surface area contributed by atoms with E-state index in [4.69, 9.17) is 5.26 Å². The van der Waals surface area contributed by atoms with Crippen LogP contribution >= 0.6 is 0 Å². The van der Waals surface area contributed by atoms with Gasteiger partial charge in [0.25, 0.3) is 0 Å². The summed E-state index contributed by atoms with van der Waals surface area (Å²) in [6, 6.07) is 2.68. The van der Waals surface area contributed by atoms with Crippen LogP contribution in [0.1, 0.15) is 57.1 Å². The van der Waals surface area contributed by atoms with Gasteiger partial charge in [-0.05, 0) is 56.8 Å². The number of aliphatic hydroxyl groups excluding tert-OH is 1. The standard InChI is InChI=1S/C19H25N5O2/c20-9-15-10-22-17(11-21-15)23-14-7-19(8-14)3-1-13(2-4-19)24-18(26)12-5-16(25)6-12/h10-14,16,25H,1-8H2,(H,22,23)(H,24,26). The quantitative estimate of drug-likeness (QED) is 0.759. The zero-order chi connectivity index (χ0) is 18.1. The normalized spacial score (nSPS) is 35.7. The predicted molar refractivity (Wildman–Crippen MR) is 95.0 cm³/mol. The molecule has 7 heteroatoms. The summed E-state index contributed by atoms with van der Waals surface area (Å²) in [6.07, 6.45) is 10.7. The predicted octanol–water partition coefficient (Wildman–Crippen LogP) is 1.74. The molecule has 0 radical (unpaired) electrons. The Morgan fingerprint density at radius 3 is 2.50 bits per heavy atom. The van der Waals surface area contributed by atoms with E-state index in [2.05, 4.69) is 20.6 Å². The van der Waals surface area contributed by atoms with Gasteiger partial charge in [-0.15, -0.1) is 0 Å². The number of hydrogen-bond acceptors (Lipinski definition) is 6. The molecule has 4 rings (SSSR count). The second kappa shape index (κ2) is 6.84. The maximum Gasteiger partial charge on any atom is 0.223 e. The van der Waals surface area contributed by atoms with E-state index in [1.165, 1.54) is 6.20 Å². The molecule has 1 aromatic rings. The maximum absolute atomic E-state index is 12.1. The number of carbonyl (C=O) groups excluding carboxylic acids is 1. The largest absolute Gasteiger partial charge is 0.393 e. The molecule has 0 saturated heterocycles. The first-order valence-electron chi connectivity index (χ1n) is 9.52. The number of anilines is 1. The van der Waals surface area contributed by atoms with Crippen molar-refractivity contribution in [3.8, 4) is 6.07 Å². The third kappa shape index (κ3) is 3.51. The first kappa shape index (κ1) is 17.2. The van der Waals surface area contributed by atoms with E-state index in [-0.39, 0.29) is 17.9 Å². The lowest BCUT2D eigenvalue weighted by atomic mass is 9.57. The van der Waals surface area contributed by atoms with Crippen LogP contribution < -0.4 is 10.6 Å². The number of nitrogens with zero attached hydrogens (tertiary/aromatic N) is 3. The van der Waals surface area contributed by atoms with Gasteiger partial charge in [0.1, 0.15) is 11.9 Å². The lowest BCUT2D eigenvalue weighted by molar-refractivity contribution is -0.132. The second-order valence-electron chi connectivity index (χ2n) is 8.25. The Morgan fingerprint density at radius 1 is 1.19 bits per heavy atom. The molecule has 3 aliphatic rings. The van der Waals surface area contributed by atoms with E-state index in [0.29, 0.717) is 36.0 Å². The van der Waals surface area contributed by atoms with Gasteiger partial charge < -0.3 is 15.7 Å². The third-order valence-electron chi connectivity index (χ3n) is 6.35. The summed E-state index contributed by atoms with van der Waals surface area (Å²) in [5.74, 6) is 0.878. The molecule has 0 bridgehead atoms. The molecule has 0 atom stereocenters. The SMILES string of the molecule is N#Cc1cnc(NC2CC3(CCC(NC(=O)C4CC(O)C4)CC3)C2)cn1. The van der Waals surface area contributed by atoms with Crippen molar-refractivity contribution in [1.29, 1.82) is 5.26 Å². The molecule has 3 aliphatic carbocycles. The van der Waals surface area contributed by atoms with Gasteiger partial charge in [0.15, 0.2) is 5.69 Å². The minimum atomic E-state index is -0.277. The molecular weight excluding hydrogens is 330 g/mol. The van der Waals surface area contributed by atoms with Crippen LogP contribution in [0.2, 0.25) is 0 Å². The van der Waals surface area contributed by atoms with E-state index < -0.39 is 0 Å². The van der Waals surface area contributed by atoms with Crippen molar-refractivity contribution >= 4 is 11.7 Å². The highest BCUT2D eigenvalue weighted by atomic mass is 16.3. The van der Waals surface area contributed by atoms with Crippen molar-refractivity contribution in [2.45, 2.75) is 69.6 Å². The molecule has 1 spiro atoms. The Hall–Kier alpha value is -2.20. The van der Waals surface area contributed by atoms with Crippen LogP contribution in [0.25, 0.3) is 0 Å². The molecule has 7 nitrogen and oxygen atoms in total. The smallest absolute Gasteiger partial charge is 0.223 e. The maximum atomic E-state index is 12.1. The van der Waals surface area contributed by atoms with Crippen molar-refractivity contribution < 1.29 is 9.90 Å².